The SMILES string of the molecule is CC(C)(C)c1ccc(N2C(=O)C(F)(F)[C@@H]2c2ccc(Cl)c(Cl)c2)cc1. The Kier molecular flexibility index (Phi) is 4.33. The predicted octanol–water partition coefficient (Wildman–Crippen LogP) is 6.01. The van der Waals surface area contributed by atoms with Gasteiger partial charge in [0.05, 0.1) is 10.0 Å². The van der Waals surface area contributed by atoms with Gasteiger partial charge in [-0.1, -0.05) is 62.2 Å². The van der Waals surface area contributed by atoms with Crippen LogP contribution in [0.4, 0.5) is 14.5 Å². The number of hydrogen-bond acceptors (Lipinski definition) is 1. The number of amides is 1. The van der Waals surface area contributed by atoms with Crippen LogP contribution in [0.3, 0.4) is 0 Å². The van der Waals surface area contributed by atoms with E-state index in [-0.39, 0.29) is 21.0 Å². The minimum atomic E-state index is -3.47. The molecule has 0 aromatic heterocycles. The molecule has 1 atom stereocenters. The third-order valence-corrected chi connectivity index (χ3v) is 5.12. The molecular formula is C19H17Cl2F2NO. The average Bonchev–Trinajstić information content (AvgIpc) is 2.54. The number of nitrogens with zero attached hydrogens (tertiary/aromatic N) is 1. The number of anilines is 1. The summed E-state index contributed by atoms with van der Waals surface area (Å²) >= 11 is 11.8. The van der Waals surface area contributed by atoms with Gasteiger partial charge in [-0.05, 0) is 40.8 Å². The predicted molar refractivity (Wildman–Crippen MR) is 96.8 cm³/mol. The van der Waals surface area contributed by atoms with Crippen LogP contribution in [-0.2, 0) is 10.2 Å². The maximum absolute atomic E-state index is 14.3. The molecule has 1 aliphatic rings. The molecule has 3 rings (SSSR count). The van der Waals surface area contributed by atoms with Gasteiger partial charge < -0.3 is 0 Å². The third-order valence-electron chi connectivity index (χ3n) is 4.38. The van der Waals surface area contributed by atoms with Gasteiger partial charge in [-0.2, -0.15) is 8.78 Å². The van der Waals surface area contributed by atoms with Crippen molar-refractivity contribution >= 4 is 34.8 Å². The van der Waals surface area contributed by atoms with Crippen molar-refractivity contribution in [3.63, 3.8) is 0 Å². The van der Waals surface area contributed by atoms with Gasteiger partial charge in [0.15, 0.2) is 0 Å². The van der Waals surface area contributed by atoms with Crippen molar-refractivity contribution in [2.24, 2.45) is 0 Å². The van der Waals surface area contributed by atoms with Gasteiger partial charge in [0.1, 0.15) is 6.04 Å². The Hall–Kier alpha value is -1.65. The van der Waals surface area contributed by atoms with Gasteiger partial charge >= 0.3 is 11.8 Å². The first kappa shape index (κ1) is 18.2. The fourth-order valence-corrected chi connectivity index (χ4v) is 3.23. The van der Waals surface area contributed by atoms with E-state index in [0.29, 0.717) is 5.69 Å². The van der Waals surface area contributed by atoms with Crippen LogP contribution < -0.4 is 4.90 Å². The molecule has 1 heterocycles. The Morgan fingerprint density at radius 3 is 2.12 bits per heavy atom. The average molecular weight is 384 g/mol. The molecule has 0 bridgehead atoms. The summed E-state index contributed by atoms with van der Waals surface area (Å²) in [5.41, 5.74) is 1.67. The molecule has 132 valence electrons. The highest BCUT2D eigenvalue weighted by Gasteiger charge is 2.64. The first-order chi connectivity index (χ1) is 11.5. The normalized spacial score (nSPS) is 19.7. The fraction of sp³-hybridized carbons (Fsp3) is 0.316. The Morgan fingerprint density at radius 1 is 1.00 bits per heavy atom. The summed E-state index contributed by atoms with van der Waals surface area (Å²) in [5.74, 6) is -4.69. The number of alkyl halides is 2. The molecule has 2 nitrogen and oxygen atoms in total. The van der Waals surface area contributed by atoms with Crippen LogP contribution >= 0.6 is 23.2 Å². The lowest BCUT2D eigenvalue weighted by Gasteiger charge is -2.46. The van der Waals surface area contributed by atoms with Crippen LogP contribution in [0.5, 0.6) is 0 Å². The van der Waals surface area contributed by atoms with E-state index >= 15 is 0 Å². The number of halogens is 4. The van der Waals surface area contributed by atoms with Crippen LogP contribution in [0.15, 0.2) is 42.5 Å². The Labute approximate surface area is 155 Å². The minimum absolute atomic E-state index is 0.0650. The molecular weight excluding hydrogens is 367 g/mol. The maximum Gasteiger partial charge on any atom is 0.349 e. The molecule has 1 amide bonds. The Balaban J connectivity index is 1.99. The van der Waals surface area contributed by atoms with E-state index in [1.54, 1.807) is 12.1 Å². The van der Waals surface area contributed by atoms with Crippen molar-refractivity contribution in [2.75, 3.05) is 4.90 Å². The second-order valence-corrected chi connectivity index (χ2v) is 7.99. The molecule has 2 aromatic carbocycles. The van der Waals surface area contributed by atoms with Crippen molar-refractivity contribution < 1.29 is 13.6 Å². The largest absolute Gasteiger partial charge is 0.349 e. The van der Waals surface area contributed by atoms with Crippen molar-refractivity contribution in [2.45, 2.75) is 38.2 Å². The first-order valence-corrected chi connectivity index (χ1v) is 8.56. The zero-order chi connectivity index (χ0) is 18.6. The van der Waals surface area contributed by atoms with E-state index < -0.39 is 17.9 Å². The monoisotopic (exact) mass is 383 g/mol. The summed E-state index contributed by atoms with van der Waals surface area (Å²) in [6.45, 7) is 6.18. The quantitative estimate of drug-likeness (QED) is 0.581. The van der Waals surface area contributed by atoms with E-state index in [1.165, 1.54) is 18.2 Å². The van der Waals surface area contributed by atoms with Crippen LogP contribution in [0, 0.1) is 0 Å². The number of β-lactam (4-membered cyclic amide) rings is 1. The van der Waals surface area contributed by atoms with E-state index in [4.69, 9.17) is 23.2 Å². The van der Waals surface area contributed by atoms with E-state index in [9.17, 15) is 13.6 Å². The number of hydrogen-bond donors (Lipinski definition) is 0. The van der Waals surface area contributed by atoms with Gasteiger partial charge in [0.25, 0.3) is 0 Å². The first-order valence-electron chi connectivity index (χ1n) is 7.80. The van der Waals surface area contributed by atoms with Crippen LogP contribution in [0.2, 0.25) is 10.0 Å². The zero-order valence-electron chi connectivity index (χ0n) is 14.0. The summed E-state index contributed by atoms with van der Waals surface area (Å²) in [6.07, 6.45) is 0. The summed E-state index contributed by atoms with van der Waals surface area (Å²) < 4.78 is 28.5. The van der Waals surface area contributed by atoms with Crippen LogP contribution in [-0.4, -0.2) is 11.8 Å². The highest BCUT2D eigenvalue weighted by molar-refractivity contribution is 6.42. The molecule has 0 N–H and O–H groups in total. The fourth-order valence-electron chi connectivity index (χ4n) is 2.92. The summed E-state index contributed by atoms with van der Waals surface area (Å²) in [5, 5.41) is 0.456. The van der Waals surface area contributed by atoms with Gasteiger partial charge in [-0.3, -0.25) is 9.69 Å². The van der Waals surface area contributed by atoms with Gasteiger partial charge in [-0.15, -0.1) is 0 Å². The van der Waals surface area contributed by atoms with Gasteiger partial charge in [-0.25, -0.2) is 0 Å². The van der Waals surface area contributed by atoms with Gasteiger partial charge in [0.2, 0.25) is 0 Å². The lowest BCUT2D eigenvalue weighted by atomic mass is 9.85. The Bertz CT molecular complexity index is 828. The highest BCUT2D eigenvalue weighted by Crippen LogP contribution is 2.50. The summed E-state index contributed by atoms with van der Waals surface area (Å²) in [4.78, 5) is 13.1. The summed E-state index contributed by atoms with van der Waals surface area (Å²) in [6, 6.07) is 10.0. The molecule has 25 heavy (non-hydrogen) atoms. The zero-order valence-corrected chi connectivity index (χ0v) is 15.5. The molecule has 1 aliphatic heterocycles. The van der Waals surface area contributed by atoms with Crippen LogP contribution in [0.25, 0.3) is 0 Å². The molecule has 0 aliphatic carbocycles. The number of rotatable bonds is 2. The lowest BCUT2D eigenvalue weighted by Crippen LogP contribution is -2.64. The van der Waals surface area contributed by atoms with Crippen molar-refractivity contribution in [3.05, 3.63) is 63.6 Å². The Morgan fingerprint density at radius 2 is 1.60 bits per heavy atom. The minimum Gasteiger partial charge on any atom is -0.293 e. The molecule has 1 fully saturated rings. The van der Waals surface area contributed by atoms with Crippen molar-refractivity contribution in [1.82, 2.24) is 0 Å². The molecule has 0 saturated carbocycles. The molecule has 0 spiro atoms. The number of carbonyl (C=O) groups excluding carboxylic acids is 1. The summed E-state index contributed by atoms with van der Waals surface area (Å²) in [7, 11) is 0. The van der Waals surface area contributed by atoms with Crippen LogP contribution in [0.1, 0.15) is 37.9 Å². The second-order valence-electron chi connectivity index (χ2n) is 7.17. The molecule has 0 radical (unpaired) electrons. The lowest BCUT2D eigenvalue weighted by molar-refractivity contribution is -0.162. The van der Waals surface area contributed by atoms with E-state index in [2.05, 4.69) is 20.8 Å². The third kappa shape index (κ3) is 3.02. The standard InChI is InChI=1S/C19H17Cl2F2NO/c1-18(2,3)12-5-7-13(8-6-12)24-16(19(22,23)17(24)25)11-4-9-14(20)15(21)10-11/h4-10,16H,1-3H3/t16-/m0/s1. The second kappa shape index (κ2) is 5.96. The van der Waals surface area contributed by atoms with E-state index in [0.717, 1.165) is 10.5 Å². The smallest absolute Gasteiger partial charge is 0.293 e. The molecule has 2 aromatic rings. The molecule has 1 saturated heterocycles. The molecule has 0 unspecified atom stereocenters. The topological polar surface area (TPSA) is 20.3 Å². The van der Waals surface area contributed by atoms with E-state index in [1.807, 2.05) is 12.1 Å². The van der Waals surface area contributed by atoms with Gasteiger partial charge in [0, 0.05) is 5.69 Å². The molecule has 6 heteroatoms. The number of carbonyl (C=O) groups is 1. The maximum atomic E-state index is 14.3. The number of benzene rings is 2. The van der Waals surface area contributed by atoms with Crippen molar-refractivity contribution in [3.8, 4) is 0 Å². The highest BCUT2D eigenvalue weighted by atomic mass is 35.5. The van der Waals surface area contributed by atoms with Crippen molar-refractivity contribution in [1.29, 1.82) is 0 Å².